The van der Waals surface area contributed by atoms with Crippen LogP contribution >= 0.6 is 0 Å². The monoisotopic (exact) mass is 312 g/mol. The van der Waals surface area contributed by atoms with Crippen LogP contribution in [0.2, 0.25) is 0 Å². The van der Waals surface area contributed by atoms with Crippen LogP contribution in [-0.2, 0) is 6.54 Å². The van der Waals surface area contributed by atoms with Gasteiger partial charge in [0, 0.05) is 24.5 Å². The van der Waals surface area contributed by atoms with E-state index in [0.29, 0.717) is 23.1 Å². The number of imidazole rings is 1. The molecule has 0 aliphatic carbocycles. The van der Waals surface area contributed by atoms with E-state index >= 15 is 0 Å². The number of carbonyl (C=O) groups excluding carboxylic acids is 1. The second-order valence-electron chi connectivity index (χ2n) is 6.04. The van der Waals surface area contributed by atoms with Gasteiger partial charge in [-0.1, -0.05) is 13.8 Å². The lowest BCUT2D eigenvalue weighted by Crippen LogP contribution is -2.20. The molecule has 0 fully saturated rings. The number of rotatable bonds is 4. The summed E-state index contributed by atoms with van der Waals surface area (Å²) in [5, 5.41) is 7.31. The number of anilines is 1. The molecule has 0 saturated carbocycles. The maximum atomic E-state index is 12.8. The summed E-state index contributed by atoms with van der Waals surface area (Å²) in [7, 11) is 0. The Hall–Kier alpha value is -2.70. The predicted octanol–water partition coefficient (Wildman–Crippen LogP) is 2.45. The van der Waals surface area contributed by atoms with Crippen LogP contribution in [-0.4, -0.2) is 30.1 Å². The molecule has 0 unspecified atom stereocenters. The van der Waals surface area contributed by atoms with Gasteiger partial charge in [0.25, 0.3) is 5.91 Å². The Labute approximate surface area is 134 Å². The average Bonchev–Trinajstić information content (AvgIpc) is 2.99. The molecule has 120 valence electrons. The molecule has 0 aliphatic rings. The summed E-state index contributed by atoms with van der Waals surface area (Å²) in [5.41, 5.74) is 2.07. The van der Waals surface area contributed by atoms with Gasteiger partial charge in [-0.15, -0.1) is 0 Å². The minimum atomic E-state index is -0.211. The van der Waals surface area contributed by atoms with E-state index in [0.717, 1.165) is 17.9 Å². The molecule has 1 amide bonds. The minimum Gasteiger partial charge on any atom is -0.305 e. The van der Waals surface area contributed by atoms with Crippen molar-refractivity contribution in [1.82, 2.24) is 24.1 Å². The van der Waals surface area contributed by atoms with E-state index in [9.17, 15) is 4.79 Å². The first-order valence-electron chi connectivity index (χ1n) is 7.60. The zero-order valence-electron chi connectivity index (χ0n) is 13.7. The van der Waals surface area contributed by atoms with Gasteiger partial charge in [0.15, 0.2) is 0 Å². The van der Waals surface area contributed by atoms with Gasteiger partial charge in [-0.25, -0.2) is 14.6 Å². The summed E-state index contributed by atoms with van der Waals surface area (Å²) in [5.74, 6) is 1.47. The van der Waals surface area contributed by atoms with Gasteiger partial charge in [0.05, 0.1) is 11.9 Å². The number of nitrogens with one attached hydrogen (secondary N) is 1. The van der Waals surface area contributed by atoms with Crippen molar-refractivity contribution >= 4 is 17.5 Å². The third-order valence-corrected chi connectivity index (χ3v) is 3.59. The highest BCUT2D eigenvalue weighted by molar-refractivity contribution is 6.04. The number of hydrogen-bond donors (Lipinski definition) is 1. The maximum Gasteiger partial charge on any atom is 0.275 e. The largest absolute Gasteiger partial charge is 0.305 e. The van der Waals surface area contributed by atoms with E-state index in [1.165, 1.54) is 0 Å². The highest BCUT2D eigenvalue weighted by Gasteiger charge is 2.19. The van der Waals surface area contributed by atoms with Gasteiger partial charge < -0.3 is 5.32 Å². The van der Waals surface area contributed by atoms with Crippen molar-refractivity contribution in [3.05, 3.63) is 41.6 Å². The lowest BCUT2D eigenvalue weighted by atomic mass is 10.2. The third kappa shape index (κ3) is 2.81. The zero-order valence-corrected chi connectivity index (χ0v) is 13.7. The minimum absolute atomic E-state index is 0.211. The van der Waals surface area contributed by atoms with Crippen molar-refractivity contribution in [2.45, 2.75) is 34.2 Å². The number of nitrogens with zero attached hydrogens (tertiary/aromatic N) is 5. The van der Waals surface area contributed by atoms with E-state index in [4.69, 9.17) is 0 Å². The molecule has 3 rings (SSSR count). The fourth-order valence-corrected chi connectivity index (χ4v) is 2.56. The molecule has 0 aromatic carbocycles. The fraction of sp³-hybridized carbons (Fsp3) is 0.375. The van der Waals surface area contributed by atoms with Gasteiger partial charge in [-0.05, 0) is 25.8 Å². The molecule has 0 spiro atoms. The SMILES string of the molecule is Cc1cnn(CC(C)C)c1NC(=O)c1c(C)nc2ncccn12. The Morgan fingerprint density at radius 1 is 1.35 bits per heavy atom. The maximum absolute atomic E-state index is 12.8. The lowest BCUT2D eigenvalue weighted by Gasteiger charge is -2.12. The number of amides is 1. The standard InChI is InChI=1S/C16H20N6O/c1-10(2)9-22-14(11(3)8-18-22)20-15(23)13-12(4)19-16-17-6-5-7-21(13)16/h5-8,10H,9H2,1-4H3,(H,20,23). The van der Waals surface area contributed by atoms with Crippen LogP contribution in [0.4, 0.5) is 5.82 Å². The molecule has 0 atom stereocenters. The smallest absolute Gasteiger partial charge is 0.275 e. The molecular weight excluding hydrogens is 292 g/mol. The summed E-state index contributed by atoms with van der Waals surface area (Å²) in [6.45, 7) is 8.72. The van der Waals surface area contributed by atoms with Crippen LogP contribution < -0.4 is 5.32 Å². The molecule has 0 aliphatic heterocycles. The van der Waals surface area contributed by atoms with Crippen molar-refractivity contribution < 1.29 is 4.79 Å². The number of fused-ring (bicyclic) bond motifs is 1. The van der Waals surface area contributed by atoms with Crippen molar-refractivity contribution in [3.8, 4) is 0 Å². The zero-order chi connectivity index (χ0) is 16.6. The lowest BCUT2D eigenvalue weighted by molar-refractivity contribution is 0.101. The summed E-state index contributed by atoms with van der Waals surface area (Å²) in [4.78, 5) is 21.3. The molecule has 7 nitrogen and oxygen atoms in total. The number of hydrogen-bond acceptors (Lipinski definition) is 4. The van der Waals surface area contributed by atoms with Crippen molar-refractivity contribution in [1.29, 1.82) is 0 Å². The molecule has 7 heteroatoms. The van der Waals surface area contributed by atoms with E-state index in [1.807, 2.05) is 18.5 Å². The molecule has 0 radical (unpaired) electrons. The Morgan fingerprint density at radius 3 is 2.87 bits per heavy atom. The van der Waals surface area contributed by atoms with Gasteiger partial charge in [0.2, 0.25) is 5.78 Å². The van der Waals surface area contributed by atoms with Gasteiger partial charge >= 0.3 is 0 Å². The average molecular weight is 312 g/mol. The normalized spacial score (nSPS) is 11.3. The molecule has 0 bridgehead atoms. The van der Waals surface area contributed by atoms with Crippen molar-refractivity contribution in [2.75, 3.05) is 5.32 Å². The Kier molecular flexibility index (Phi) is 3.85. The Balaban J connectivity index is 1.96. The van der Waals surface area contributed by atoms with Crippen LogP contribution in [0, 0.1) is 19.8 Å². The molecular formula is C16H20N6O. The third-order valence-electron chi connectivity index (χ3n) is 3.59. The Morgan fingerprint density at radius 2 is 2.13 bits per heavy atom. The summed E-state index contributed by atoms with van der Waals surface area (Å²) < 4.78 is 3.53. The van der Waals surface area contributed by atoms with E-state index in [-0.39, 0.29) is 5.91 Å². The number of carbonyl (C=O) groups is 1. The van der Waals surface area contributed by atoms with E-state index in [1.54, 1.807) is 29.1 Å². The quantitative estimate of drug-likeness (QED) is 0.802. The Bertz CT molecular complexity index is 861. The first kappa shape index (κ1) is 15.2. The van der Waals surface area contributed by atoms with E-state index < -0.39 is 0 Å². The van der Waals surface area contributed by atoms with Gasteiger partial charge in [-0.2, -0.15) is 5.10 Å². The summed E-state index contributed by atoms with van der Waals surface area (Å²) >= 11 is 0. The van der Waals surface area contributed by atoms with Crippen molar-refractivity contribution in [2.24, 2.45) is 5.92 Å². The number of aryl methyl sites for hydroxylation is 2. The number of aromatic nitrogens is 5. The van der Waals surface area contributed by atoms with Crippen LogP contribution in [0.1, 0.15) is 35.6 Å². The van der Waals surface area contributed by atoms with Crippen LogP contribution in [0.3, 0.4) is 0 Å². The van der Waals surface area contributed by atoms with Crippen LogP contribution in [0.5, 0.6) is 0 Å². The molecule has 1 N–H and O–H groups in total. The molecule has 3 aromatic heterocycles. The molecule has 0 saturated heterocycles. The van der Waals surface area contributed by atoms with Crippen LogP contribution in [0.15, 0.2) is 24.7 Å². The van der Waals surface area contributed by atoms with Crippen LogP contribution in [0.25, 0.3) is 5.78 Å². The first-order chi connectivity index (χ1) is 11.0. The van der Waals surface area contributed by atoms with Crippen molar-refractivity contribution in [3.63, 3.8) is 0 Å². The second kappa shape index (κ2) is 5.83. The highest BCUT2D eigenvalue weighted by atomic mass is 16.2. The summed E-state index contributed by atoms with van der Waals surface area (Å²) in [6, 6.07) is 1.78. The summed E-state index contributed by atoms with van der Waals surface area (Å²) in [6.07, 6.45) is 5.21. The molecule has 3 aromatic rings. The van der Waals surface area contributed by atoms with Gasteiger partial charge in [0.1, 0.15) is 11.5 Å². The van der Waals surface area contributed by atoms with Gasteiger partial charge in [-0.3, -0.25) is 9.20 Å². The molecule has 23 heavy (non-hydrogen) atoms. The first-order valence-corrected chi connectivity index (χ1v) is 7.60. The highest BCUT2D eigenvalue weighted by Crippen LogP contribution is 2.18. The predicted molar refractivity (Wildman–Crippen MR) is 87.5 cm³/mol. The molecule has 3 heterocycles. The van der Waals surface area contributed by atoms with E-state index in [2.05, 4.69) is 34.2 Å². The second-order valence-corrected chi connectivity index (χ2v) is 6.04. The topological polar surface area (TPSA) is 77.1 Å². The fourth-order valence-electron chi connectivity index (χ4n) is 2.56.